The molecule has 1 rings (SSSR count). The Morgan fingerprint density at radius 1 is 1.50 bits per heavy atom. The smallest absolute Gasteiger partial charge is 0.0753 e. The van der Waals surface area contributed by atoms with Crippen LogP contribution in [0.15, 0.2) is 23.3 Å². The summed E-state index contributed by atoms with van der Waals surface area (Å²) in [4.78, 5) is 0. The fourth-order valence-corrected chi connectivity index (χ4v) is 2.15. The van der Waals surface area contributed by atoms with Crippen LogP contribution in [0.3, 0.4) is 0 Å². The maximum absolute atomic E-state index is 9.79. The van der Waals surface area contributed by atoms with Crippen molar-refractivity contribution in [3.8, 4) is 0 Å². The summed E-state index contributed by atoms with van der Waals surface area (Å²) in [5.41, 5.74) is 2.72. The summed E-state index contributed by atoms with van der Waals surface area (Å²) in [7, 11) is 0. The minimum absolute atomic E-state index is 0.223. The van der Waals surface area contributed by atoms with Crippen molar-refractivity contribution in [3.05, 3.63) is 23.3 Å². The van der Waals surface area contributed by atoms with Crippen LogP contribution in [-0.4, -0.2) is 11.2 Å². The van der Waals surface area contributed by atoms with Gasteiger partial charge in [0.2, 0.25) is 0 Å². The Kier molecular flexibility index (Phi) is 3.54. The predicted molar refractivity (Wildman–Crippen MR) is 61.2 cm³/mol. The van der Waals surface area contributed by atoms with Gasteiger partial charge in [-0.3, -0.25) is 0 Å². The first-order valence-electron chi connectivity index (χ1n) is 5.55. The summed E-state index contributed by atoms with van der Waals surface area (Å²) in [5.74, 6) is 0. The Morgan fingerprint density at radius 3 is 2.71 bits per heavy atom. The maximum atomic E-state index is 9.79. The van der Waals surface area contributed by atoms with Crippen molar-refractivity contribution in [2.75, 3.05) is 0 Å². The SMILES string of the molecule is CC/C=C/C1=C(C)C(O)CCC1(C)C. The number of allylic oxidation sites excluding steroid dienone is 3. The van der Waals surface area contributed by atoms with E-state index in [1.165, 1.54) is 5.57 Å². The van der Waals surface area contributed by atoms with E-state index in [-0.39, 0.29) is 11.5 Å². The zero-order valence-electron chi connectivity index (χ0n) is 9.80. The average Bonchev–Trinajstić information content (AvgIpc) is 2.12. The third-order valence-electron chi connectivity index (χ3n) is 3.22. The molecule has 0 bridgehead atoms. The quantitative estimate of drug-likeness (QED) is 0.714. The van der Waals surface area contributed by atoms with E-state index in [9.17, 15) is 5.11 Å². The number of aliphatic hydroxyl groups excluding tert-OH is 1. The largest absolute Gasteiger partial charge is 0.389 e. The minimum atomic E-state index is -0.223. The van der Waals surface area contributed by atoms with Gasteiger partial charge < -0.3 is 5.11 Å². The molecule has 0 aromatic rings. The summed E-state index contributed by atoms with van der Waals surface area (Å²) in [5, 5.41) is 9.79. The third-order valence-corrected chi connectivity index (χ3v) is 3.22. The molecular weight excluding hydrogens is 172 g/mol. The molecule has 1 aliphatic carbocycles. The van der Waals surface area contributed by atoms with E-state index in [4.69, 9.17) is 0 Å². The lowest BCUT2D eigenvalue weighted by molar-refractivity contribution is 0.163. The second-order valence-corrected chi connectivity index (χ2v) is 4.85. The lowest BCUT2D eigenvalue weighted by Gasteiger charge is -2.35. The van der Waals surface area contributed by atoms with Crippen LogP contribution in [0.2, 0.25) is 0 Å². The van der Waals surface area contributed by atoms with Gasteiger partial charge in [0.15, 0.2) is 0 Å². The van der Waals surface area contributed by atoms with Gasteiger partial charge in [-0.1, -0.05) is 32.9 Å². The maximum Gasteiger partial charge on any atom is 0.0753 e. The molecule has 0 aromatic carbocycles. The predicted octanol–water partition coefficient (Wildman–Crippen LogP) is 3.45. The highest BCUT2D eigenvalue weighted by Gasteiger charge is 2.30. The molecule has 80 valence electrons. The first-order valence-corrected chi connectivity index (χ1v) is 5.55. The van der Waals surface area contributed by atoms with Gasteiger partial charge in [0.25, 0.3) is 0 Å². The summed E-state index contributed by atoms with van der Waals surface area (Å²) in [6, 6.07) is 0. The zero-order valence-corrected chi connectivity index (χ0v) is 9.80. The van der Waals surface area contributed by atoms with Gasteiger partial charge in [0.05, 0.1) is 6.10 Å². The number of hydrogen-bond donors (Lipinski definition) is 1. The molecular formula is C13H22O. The van der Waals surface area contributed by atoms with Crippen LogP contribution in [0.1, 0.15) is 47.0 Å². The van der Waals surface area contributed by atoms with Crippen LogP contribution < -0.4 is 0 Å². The fourth-order valence-electron chi connectivity index (χ4n) is 2.15. The van der Waals surface area contributed by atoms with Gasteiger partial charge in [-0.05, 0) is 42.7 Å². The van der Waals surface area contributed by atoms with Crippen molar-refractivity contribution in [1.29, 1.82) is 0 Å². The topological polar surface area (TPSA) is 20.2 Å². The van der Waals surface area contributed by atoms with E-state index in [0.717, 1.165) is 24.8 Å². The molecule has 1 unspecified atom stereocenters. The van der Waals surface area contributed by atoms with E-state index >= 15 is 0 Å². The second kappa shape index (κ2) is 4.31. The number of hydrogen-bond acceptors (Lipinski definition) is 1. The first-order chi connectivity index (χ1) is 6.49. The molecule has 0 amide bonds. The highest BCUT2D eigenvalue weighted by Crippen LogP contribution is 2.40. The van der Waals surface area contributed by atoms with E-state index in [1.807, 2.05) is 0 Å². The van der Waals surface area contributed by atoms with E-state index in [2.05, 4.69) is 39.8 Å². The van der Waals surface area contributed by atoms with E-state index in [1.54, 1.807) is 0 Å². The molecule has 0 saturated heterocycles. The van der Waals surface area contributed by atoms with Gasteiger partial charge >= 0.3 is 0 Å². The minimum Gasteiger partial charge on any atom is -0.389 e. The lowest BCUT2D eigenvalue weighted by atomic mass is 9.71. The van der Waals surface area contributed by atoms with Crippen molar-refractivity contribution in [3.63, 3.8) is 0 Å². The van der Waals surface area contributed by atoms with Crippen LogP contribution in [-0.2, 0) is 0 Å². The van der Waals surface area contributed by atoms with Crippen molar-refractivity contribution in [2.45, 2.75) is 53.1 Å². The van der Waals surface area contributed by atoms with Crippen LogP contribution >= 0.6 is 0 Å². The Hall–Kier alpha value is -0.560. The zero-order chi connectivity index (χ0) is 10.8. The monoisotopic (exact) mass is 194 g/mol. The summed E-state index contributed by atoms with van der Waals surface area (Å²) < 4.78 is 0. The molecule has 1 heteroatoms. The molecule has 0 aliphatic heterocycles. The lowest BCUT2D eigenvalue weighted by Crippen LogP contribution is -2.27. The molecule has 1 N–H and O–H groups in total. The summed E-state index contributed by atoms with van der Waals surface area (Å²) >= 11 is 0. The Labute approximate surface area is 87.5 Å². The third kappa shape index (κ3) is 2.27. The average molecular weight is 194 g/mol. The molecule has 0 fully saturated rings. The van der Waals surface area contributed by atoms with Crippen molar-refractivity contribution >= 4 is 0 Å². The van der Waals surface area contributed by atoms with Crippen molar-refractivity contribution in [1.82, 2.24) is 0 Å². The van der Waals surface area contributed by atoms with E-state index < -0.39 is 0 Å². The Morgan fingerprint density at radius 2 is 2.14 bits per heavy atom. The van der Waals surface area contributed by atoms with Gasteiger partial charge in [-0.15, -0.1) is 0 Å². The molecule has 0 spiro atoms. The molecule has 0 radical (unpaired) electrons. The molecule has 14 heavy (non-hydrogen) atoms. The normalized spacial score (nSPS) is 27.4. The number of rotatable bonds is 2. The van der Waals surface area contributed by atoms with Gasteiger partial charge in [-0.2, -0.15) is 0 Å². The molecule has 0 aromatic heterocycles. The van der Waals surface area contributed by atoms with Gasteiger partial charge in [-0.25, -0.2) is 0 Å². The van der Waals surface area contributed by atoms with Gasteiger partial charge in [0, 0.05) is 0 Å². The highest BCUT2D eigenvalue weighted by molar-refractivity contribution is 5.34. The molecule has 1 aliphatic rings. The van der Waals surface area contributed by atoms with Crippen molar-refractivity contribution in [2.24, 2.45) is 5.41 Å². The van der Waals surface area contributed by atoms with Gasteiger partial charge in [0.1, 0.15) is 0 Å². The highest BCUT2D eigenvalue weighted by atomic mass is 16.3. The van der Waals surface area contributed by atoms with Crippen LogP contribution in [0.5, 0.6) is 0 Å². The Bertz CT molecular complexity index is 258. The first kappa shape index (κ1) is 11.5. The van der Waals surface area contributed by atoms with E-state index in [0.29, 0.717) is 0 Å². The fraction of sp³-hybridized carbons (Fsp3) is 0.692. The molecule has 0 saturated carbocycles. The standard InChI is InChI=1S/C13H22O/c1-5-6-7-11-10(2)12(14)8-9-13(11,3)4/h6-7,12,14H,5,8-9H2,1-4H3/b7-6+. The van der Waals surface area contributed by atoms with Crippen LogP contribution in [0.25, 0.3) is 0 Å². The molecule has 1 atom stereocenters. The van der Waals surface area contributed by atoms with Crippen LogP contribution in [0.4, 0.5) is 0 Å². The Balaban J connectivity index is 3.02. The summed E-state index contributed by atoms with van der Waals surface area (Å²) in [6.45, 7) is 8.72. The number of aliphatic hydroxyl groups is 1. The van der Waals surface area contributed by atoms with Crippen LogP contribution in [0, 0.1) is 5.41 Å². The summed E-state index contributed by atoms with van der Waals surface area (Å²) in [6.07, 6.45) is 7.19. The molecule has 0 heterocycles. The molecule has 1 nitrogen and oxygen atoms in total. The second-order valence-electron chi connectivity index (χ2n) is 4.85. The van der Waals surface area contributed by atoms with Crippen molar-refractivity contribution < 1.29 is 5.11 Å².